The zero-order valence-electron chi connectivity index (χ0n) is 8.29. The number of hydrogen-bond donors (Lipinski definition) is 2. The highest BCUT2D eigenvalue weighted by Crippen LogP contribution is 2.16. The lowest BCUT2D eigenvalue weighted by atomic mass is 10.1. The molecule has 0 bridgehead atoms. The molecule has 0 saturated carbocycles. The van der Waals surface area contributed by atoms with E-state index in [-0.39, 0.29) is 6.42 Å². The van der Waals surface area contributed by atoms with Gasteiger partial charge < -0.3 is 11.5 Å². The normalized spacial score (nSPS) is 10.1. The molecule has 1 rings (SSSR count). The fraction of sp³-hybridized carbons (Fsp3) is 0.400. The van der Waals surface area contributed by atoms with Gasteiger partial charge in [-0.1, -0.05) is 13.3 Å². The molecule has 4 nitrogen and oxygen atoms in total. The van der Waals surface area contributed by atoms with Crippen LogP contribution in [-0.2, 0) is 17.6 Å². The van der Waals surface area contributed by atoms with E-state index in [1.54, 1.807) is 6.20 Å². The van der Waals surface area contributed by atoms with Crippen LogP contribution in [0.4, 0.5) is 5.69 Å². The van der Waals surface area contributed by atoms with Crippen molar-refractivity contribution in [3.63, 3.8) is 0 Å². The second-order valence-corrected chi connectivity index (χ2v) is 3.22. The maximum absolute atomic E-state index is 10.7. The number of aryl methyl sites for hydroxylation is 1. The minimum Gasteiger partial charge on any atom is -0.397 e. The molecule has 0 fully saturated rings. The Balaban J connectivity index is 2.94. The molecule has 0 aromatic carbocycles. The topological polar surface area (TPSA) is 82.0 Å². The summed E-state index contributed by atoms with van der Waals surface area (Å²) in [4.78, 5) is 14.8. The van der Waals surface area contributed by atoms with Crippen LogP contribution in [0.15, 0.2) is 12.3 Å². The minimum atomic E-state index is -0.405. The Hall–Kier alpha value is -1.58. The third kappa shape index (κ3) is 2.45. The van der Waals surface area contributed by atoms with E-state index >= 15 is 0 Å². The van der Waals surface area contributed by atoms with Crippen molar-refractivity contribution < 1.29 is 4.79 Å². The molecule has 4 N–H and O–H groups in total. The van der Waals surface area contributed by atoms with Crippen molar-refractivity contribution in [3.8, 4) is 0 Å². The van der Waals surface area contributed by atoms with E-state index < -0.39 is 5.91 Å². The summed E-state index contributed by atoms with van der Waals surface area (Å²) in [6, 6.07) is 1.88. The van der Waals surface area contributed by atoms with Gasteiger partial charge in [-0.2, -0.15) is 0 Å². The first kappa shape index (κ1) is 10.5. The fourth-order valence-corrected chi connectivity index (χ4v) is 1.36. The van der Waals surface area contributed by atoms with Crippen LogP contribution < -0.4 is 11.5 Å². The number of rotatable bonds is 4. The Bertz CT molecular complexity index is 336. The highest BCUT2D eigenvalue weighted by molar-refractivity contribution is 5.78. The van der Waals surface area contributed by atoms with Crippen molar-refractivity contribution in [2.75, 3.05) is 5.73 Å². The molecule has 0 spiro atoms. The van der Waals surface area contributed by atoms with Gasteiger partial charge in [-0.25, -0.2) is 0 Å². The molecular formula is C10H15N3O. The molecule has 0 radical (unpaired) electrons. The van der Waals surface area contributed by atoms with Gasteiger partial charge in [0.1, 0.15) is 0 Å². The quantitative estimate of drug-likeness (QED) is 0.736. The van der Waals surface area contributed by atoms with E-state index in [1.807, 2.05) is 6.07 Å². The first-order valence-electron chi connectivity index (χ1n) is 4.65. The van der Waals surface area contributed by atoms with Crippen LogP contribution in [0.3, 0.4) is 0 Å². The average Bonchev–Trinajstić information content (AvgIpc) is 2.11. The number of carbonyl (C=O) groups excluding carboxylic acids is 1. The molecule has 1 amide bonds. The third-order valence-corrected chi connectivity index (χ3v) is 2.02. The molecule has 0 atom stereocenters. The van der Waals surface area contributed by atoms with Crippen LogP contribution in [0, 0.1) is 0 Å². The van der Waals surface area contributed by atoms with E-state index in [0.717, 1.165) is 18.4 Å². The molecule has 76 valence electrons. The van der Waals surface area contributed by atoms with E-state index in [2.05, 4.69) is 11.9 Å². The predicted molar refractivity (Wildman–Crippen MR) is 55.5 cm³/mol. The van der Waals surface area contributed by atoms with Crippen LogP contribution in [0.25, 0.3) is 0 Å². The maximum atomic E-state index is 10.7. The molecule has 4 heteroatoms. The number of carbonyl (C=O) groups is 1. The van der Waals surface area contributed by atoms with Gasteiger partial charge in [-0.3, -0.25) is 9.78 Å². The summed E-state index contributed by atoms with van der Waals surface area (Å²) in [5.74, 6) is -0.405. The van der Waals surface area contributed by atoms with Crippen molar-refractivity contribution >= 4 is 11.6 Å². The smallest absolute Gasteiger partial charge is 0.223 e. The number of amides is 1. The van der Waals surface area contributed by atoms with Gasteiger partial charge in [0.15, 0.2) is 0 Å². The number of aromatic nitrogens is 1. The SMILES string of the molecule is CCCc1ccnc(CC(N)=O)c1N. The molecule has 0 aliphatic carbocycles. The number of hydrogen-bond acceptors (Lipinski definition) is 3. The van der Waals surface area contributed by atoms with Gasteiger partial charge in [0.05, 0.1) is 17.8 Å². The molecule has 0 saturated heterocycles. The van der Waals surface area contributed by atoms with Crippen molar-refractivity contribution in [2.24, 2.45) is 5.73 Å². The Morgan fingerprint density at radius 1 is 1.57 bits per heavy atom. The zero-order valence-corrected chi connectivity index (χ0v) is 8.29. The third-order valence-electron chi connectivity index (χ3n) is 2.02. The zero-order chi connectivity index (χ0) is 10.6. The molecule has 0 unspecified atom stereocenters. The Morgan fingerprint density at radius 2 is 2.29 bits per heavy atom. The fourth-order valence-electron chi connectivity index (χ4n) is 1.36. The first-order valence-corrected chi connectivity index (χ1v) is 4.65. The molecule has 1 aromatic rings. The Labute approximate surface area is 83.3 Å². The van der Waals surface area contributed by atoms with Crippen molar-refractivity contribution in [1.29, 1.82) is 0 Å². The monoisotopic (exact) mass is 193 g/mol. The van der Waals surface area contributed by atoms with Gasteiger partial charge in [-0.05, 0) is 18.1 Å². The maximum Gasteiger partial charge on any atom is 0.223 e. The van der Waals surface area contributed by atoms with Crippen molar-refractivity contribution in [1.82, 2.24) is 4.98 Å². The van der Waals surface area contributed by atoms with Crippen LogP contribution in [-0.4, -0.2) is 10.9 Å². The number of nitrogen functional groups attached to an aromatic ring is 1. The van der Waals surface area contributed by atoms with E-state index in [0.29, 0.717) is 11.4 Å². The van der Waals surface area contributed by atoms with Crippen molar-refractivity contribution in [2.45, 2.75) is 26.2 Å². The number of nitrogens with two attached hydrogens (primary N) is 2. The molecule has 1 aromatic heterocycles. The van der Waals surface area contributed by atoms with Crippen LogP contribution >= 0.6 is 0 Å². The summed E-state index contributed by atoms with van der Waals surface area (Å²) in [6.45, 7) is 2.08. The summed E-state index contributed by atoms with van der Waals surface area (Å²) in [5.41, 5.74) is 13.2. The number of primary amides is 1. The lowest BCUT2D eigenvalue weighted by molar-refractivity contribution is -0.117. The summed E-state index contributed by atoms with van der Waals surface area (Å²) in [5, 5.41) is 0. The Kier molecular flexibility index (Phi) is 3.45. The summed E-state index contributed by atoms with van der Waals surface area (Å²) in [7, 11) is 0. The van der Waals surface area contributed by atoms with Gasteiger partial charge in [0.25, 0.3) is 0 Å². The standard InChI is InChI=1S/C10H15N3O/c1-2-3-7-4-5-13-8(10(7)12)6-9(11)14/h4-5H,2-3,6,12H2,1H3,(H2,11,14). The lowest BCUT2D eigenvalue weighted by Crippen LogP contribution is -2.16. The molecule has 1 heterocycles. The highest BCUT2D eigenvalue weighted by atomic mass is 16.1. The summed E-state index contributed by atoms with van der Waals surface area (Å²) in [6.07, 6.45) is 3.70. The van der Waals surface area contributed by atoms with Gasteiger partial charge in [0, 0.05) is 6.20 Å². The van der Waals surface area contributed by atoms with E-state index in [9.17, 15) is 4.79 Å². The predicted octanol–water partition coefficient (Wildman–Crippen LogP) is 0.644. The van der Waals surface area contributed by atoms with Gasteiger partial charge in [0.2, 0.25) is 5.91 Å². The Morgan fingerprint density at radius 3 is 2.86 bits per heavy atom. The number of nitrogens with zero attached hydrogens (tertiary/aromatic N) is 1. The number of pyridine rings is 1. The van der Waals surface area contributed by atoms with Gasteiger partial charge >= 0.3 is 0 Å². The summed E-state index contributed by atoms with van der Waals surface area (Å²) >= 11 is 0. The number of anilines is 1. The second-order valence-electron chi connectivity index (χ2n) is 3.22. The first-order chi connectivity index (χ1) is 6.65. The second kappa shape index (κ2) is 4.60. The summed E-state index contributed by atoms with van der Waals surface area (Å²) < 4.78 is 0. The van der Waals surface area contributed by atoms with E-state index in [4.69, 9.17) is 11.5 Å². The average molecular weight is 193 g/mol. The molecular weight excluding hydrogens is 178 g/mol. The largest absolute Gasteiger partial charge is 0.397 e. The molecule has 0 aliphatic heterocycles. The lowest BCUT2D eigenvalue weighted by Gasteiger charge is -2.07. The van der Waals surface area contributed by atoms with E-state index in [1.165, 1.54) is 0 Å². The minimum absolute atomic E-state index is 0.114. The van der Waals surface area contributed by atoms with Crippen LogP contribution in [0.2, 0.25) is 0 Å². The highest BCUT2D eigenvalue weighted by Gasteiger charge is 2.07. The van der Waals surface area contributed by atoms with Gasteiger partial charge in [-0.15, -0.1) is 0 Å². The molecule has 14 heavy (non-hydrogen) atoms. The van der Waals surface area contributed by atoms with Crippen molar-refractivity contribution in [3.05, 3.63) is 23.5 Å². The van der Waals surface area contributed by atoms with Crippen LogP contribution in [0.1, 0.15) is 24.6 Å². The molecule has 0 aliphatic rings. The van der Waals surface area contributed by atoms with Crippen LogP contribution in [0.5, 0.6) is 0 Å².